The molecule has 0 aliphatic heterocycles. The molecule has 0 radical (unpaired) electrons. The van der Waals surface area contributed by atoms with Gasteiger partial charge in [0.2, 0.25) is 0 Å². The number of nitrogens with one attached hydrogen (secondary N) is 1. The molecule has 2 rings (SSSR count). The quantitative estimate of drug-likeness (QED) is 0.876. The lowest BCUT2D eigenvalue weighted by Gasteiger charge is -2.34. The van der Waals surface area contributed by atoms with Gasteiger partial charge in [0.15, 0.2) is 6.61 Å². The number of carbonyl (C=O) groups is 1. The Balaban J connectivity index is 1.74. The summed E-state index contributed by atoms with van der Waals surface area (Å²) in [4.78, 5) is 11.8. The molecule has 2 N–H and O–H groups in total. The molecule has 1 aliphatic carbocycles. The van der Waals surface area contributed by atoms with Gasteiger partial charge in [-0.1, -0.05) is 25.1 Å². The van der Waals surface area contributed by atoms with E-state index in [2.05, 4.69) is 12.2 Å². The van der Waals surface area contributed by atoms with Crippen molar-refractivity contribution < 1.29 is 14.6 Å². The van der Waals surface area contributed by atoms with Gasteiger partial charge in [-0.05, 0) is 50.2 Å². The molecule has 0 bridgehead atoms. The molecule has 1 saturated carbocycles. The summed E-state index contributed by atoms with van der Waals surface area (Å²) in [6.07, 6.45) is 3.55. The second-order valence-corrected chi connectivity index (χ2v) is 6.24. The molecule has 1 aliphatic rings. The van der Waals surface area contributed by atoms with Gasteiger partial charge in [0, 0.05) is 6.54 Å². The van der Waals surface area contributed by atoms with Gasteiger partial charge < -0.3 is 15.2 Å². The first-order chi connectivity index (χ1) is 9.98. The normalized spacial score (nSPS) is 25.4. The maximum absolute atomic E-state index is 11.8. The number of para-hydroxylation sites is 1. The highest BCUT2D eigenvalue weighted by Crippen LogP contribution is 2.31. The topological polar surface area (TPSA) is 58.6 Å². The second kappa shape index (κ2) is 6.94. The Morgan fingerprint density at radius 1 is 1.38 bits per heavy atom. The van der Waals surface area contributed by atoms with Gasteiger partial charge in [-0.3, -0.25) is 4.79 Å². The third-order valence-electron chi connectivity index (χ3n) is 4.27. The third-order valence-corrected chi connectivity index (χ3v) is 4.27. The molecule has 4 heteroatoms. The molecule has 4 nitrogen and oxygen atoms in total. The van der Waals surface area contributed by atoms with Crippen molar-refractivity contribution in [1.82, 2.24) is 5.32 Å². The van der Waals surface area contributed by atoms with Gasteiger partial charge in [0.05, 0.1) is 5.60 Å². The lowest BCUT2D eigenvalue weighted by Crippen LogP contribution is -2.46. The van der Waals surface area contributed by atoms with Gasteiger partial charge in [-0.25, -0.2) is 0 Å². The fraction of sp³-hybridized carbons (Fsp3) is 0.588. The van der Waals surface area contributed by atoms with Crippen LogP contribution in [0.5, 0.6) is 5.75 Å². The molecule has 1 amide bonds. The third kappa shape index (κ3) is 4.74. The Bertz CT molecular complexity index is 479. The van der Waals surface area contributed by atoms with Gasteiger partial charge in [0.25, 0.3) is 5.91 Å². The molecule has 0 heterocycles. The SMILES string of the molecule is Cc1ccccc1OCC(=O)NCC1(O)CCC(C)CC1. The van der Waals surface area contributed by atoms with Crippen LogP contribution >= 0.6 is 0 Å². The first-order valence-electron chi connectivity index (χ1n) is 7.66. The molecule has 0 aromatic heterocycles. The molecule has 1 aromatic carbocycles. The largest absolute Gasteiger partial charge is 0.484 e. The molecule has 1 fully saturated rings. The number of amides is 1. The van der Waals surface area contributed by atoms with Crippen molar-refractivity contribution in [2.24, 2.45) is 5.92 Å². The van der Waals surface area contributed by atoms with Crippen molar-refractivity contribution >= 4 is 5.91 Å². The van der Waals surface area contributed by atoms with Crippen LogP contribution < -0.4 is 10.1 Å². The zero-order chi connectivity index (χ0) is 15.3. The van der Waals surface area contributed by atoms with E-state index in [0.29, 0.717) is 12.5 Å². The molecule has 1 aromatic rings. The zero-order valence-electron chi connectivity index (χ0n) is 12.9. The van der Waals surface area contributed by atoms with Crippen LogP contribution in [0.25, 0.3) is 0 Å². The van der Waals surface area contributed by atoms with E-state index in [1.165, 1.54) is 0 Å². The number of hydrogen-bond acceptors (Lipinski definition) is 3. The summed E-state index contributed by atoms with van der Waals surface area (Å²) in [7, 11) is 0. The average Bonchev–Trinajstić information content (AvgIpc) is 2.48. The van der Waals surface area contributed by atoms with Crippen LogP contribution in [0, 0.1) is 12.8 Å². The summed E-state index contributed by atoms with van der Waals surface area (Å²) in [5.41, 5.74) is 0.260. The van der Waals surface area contributed by atoms with E-state index >= 15 is 0 Å². The summed E-state index contributed by atoms with van der Waals surface area (Å²) >= 11 is 0. The Morgan fingerprint density at radius 3 is 2.71 bits per heavy atom. The van der Waals surface area contributed by atoms with Gasteiger partial charge >= 0.3 is 0 Å². The summed E-state index contributed by atoms with van der Waals surface area (Å²) in [6, 6.07) is 7.60. The minimum absolute atomic E-state index is 0.0165. The Morgan fingerprint density at radius 2 is 2.05 bits per heavy atom. The van der Waals surface area contributed by atoms with Crippen LogP contribution in [0.4, 0.5) is 0 Å². The first kappa shape index (κ1) is 15.8. The molecule has 0 spiro atoms. The minimum atomic E-state index is -0.745. The van der Waals surface area contributed by atoms with E-state index in [9.17, 15) is 9.90 Å². The number of ether oxygens (including phenoxy) is 1. The molecule has 116 valence electrons. The number of rotatable bonds is 5. The standard InChI is InChI=1S/C17H25NO3/c1-13-7-9-17(20,10-8-13)12-18-16(19)11-21-15-6-4-3-5-14(15)2/h3-6,13,20H,7-12H2,1-2H3,(H,18,19). The fourth-order valence-electron chi connectivity index (χ4n) is 2.65. The Hall–Kier alpha value is -1.55. The van der Waals surface area contributed by atoms with Crippen molar-refractivity contribution in [2.75, 3.05) is 13.2 Å². The molecule has 0 atom stereocenters. The summed E-state index contributed by atoms with van der Waals surface area (Å²) < 4.78 is 5.49. The highest BCUT2D eigenvalue weighted by atomic mass is 16.5. The van der Waals surface area contributed by atoms with E-state index < -0.39 is 5.60 Å². The molecular weight excluding hydrogens is 266 g/mol. The summed E-state index contributed by atoms with van der Waals surface area (Å²) in [6.45, 7) is 4.44. The van der Waals surface area contributed by atoms with E-state index in [1.54, 1.807) is 0 Å². The highest BCUT2D eigenvalue weighted by molar-refractivity contribution is 5.77. The average molecular weight is 291 g/mol. The number of carbonyl (C=O) groups excluding carboxylic acids is 1. The van der Waals surface area contributed by atoms with E-state index in [-0.39, 0.29) is 12.5 Å². The Labute approximate surface area is 126 Å². The minimum Gasteiger partial charge on any atom is -0.484 e. The van der Waals surface area contributed by atoms with Crippen LogP contribution in [0.15, 0.2) is 24.3 Å². The second-order valence-electron chi connectivity index (χ2n) is 6.24. The van der Waals surface area contributed by atoms with Crippen molar-refractivity contribution in [3.63, 3.8) is 0 Å². The highest BCUT2D eigenvalue weighted by Gasteiger charge is 2.31. The maximum Gasteiger partial charge on any atom is 0.258 e. The first-order valence-corrected chi connectivity index (χ1v) is 7.66. The molecule has 0 saturated heterocycles. The van der Waals surface area contributed by atoms with E-state index in [0.717, 1.165) is 37.0 Å². The predicted octanol–water partition coefficient (Wildman–Crippen LogP) is 2.43. The monoisotopic (exact) mass is 291 g/mol. The summed E-state index contributed by atoms with van der Waals surface area (Å²) in [5.74, 6) is 1.20. The smallest absolute Gasteiger partial charge is 0.258 e. The van der Waals surface area contributed by atoms with Crippen LogP contribution in [-0.2, 0) is 4.79 Å². The number of aliphatic hydroxyl groups is 1. The Kier molecular flexibility index (Phi) is 5.23. The van der Waals surface area contributed by atoms with Crippen molar-refractivity contribution in [1.29, 1.82) is 0 Å². The molecular formula is C17H25NO3. The molecule has 0 unspecified atom stereocenters. The van der Waals surface area contributed by atoms with Gasteiger partial charge in [-0.2, -0.15) is 0 Å². The lowest BCUT2D eigenvalue weighted by atomic mass is 9.79. The zero-order valence-corrected chi connectivity index (χ0v) is 12.9. The number of benzene rings is 1. The van der Waals surface area contributed by atoms with Crippen molar-refractivity contribution in [2.45, 2.75) is 45.1 Å². The summed E-state index contributed by atoms with van der Waals surface area (Å²) in [5, 5.41) is 13.2. The van der Waals surface area contributed by atoms with Crippen LogP contribution in [-0.4, -0.2) is 29.8 Å². The van der Waals surface area contributed by atoms with Crippen LogP contribution in [0.3, 0.4) is 0 Å². The number of hydrogen-bond donors (Lipinski definition) is 2. The van der Waals surface area contributed by atoms with Crippen molar-refractivity contribution in [3.8, 4) is 5.75 Å². The van der Waals surface area contributed by atoms with Crippen LogP contribution in [0.2, 0.25) is 0 Å². The van der Waals surface area contributed by atoms with E-state index in [1.807, 2.05) is 31.2 Å². The maximum atomic E-state index is 11.8. The number of aryl methyl sites for hydroxylation is 1. The molecule has 21 heavy (non-hydrogen) atoms. The van der Waals surface area contributed by atoms with E-state index in [4.69, 9.17) is 4.74 Å². The fourth-order valence-corrected chi connectivity index (χ4v) is 2.65. The lowest BCUT2D eigenvalue weighted by molar-refractivity contribution is -0.124. The van der Waals surface area contributed by atoms with Gasteiger partial charge in [-0.15, -0.1) is 0 Å². The van der Waals surface area contributed by atoms with Crippen LogP contribution in [0.1, 0.15) is 38.2 Å². The van der Waals surface area contributed by atoms with Crippen molar-refractivity contribution in [3.05, 3.63) is 29.8 Å². The predicted molar refractivity (Wildman–Crippen MR) is 82.3 cm³/mol. The van der Waals surface area contributed by atoms with Gasteiger partial charge in [0.1, 0.15) is 5.75 Å².